The van der Waals surface area contributed by atoms with Gasteiger partial charge in [0, 0.05) is 61.8 Å². The molecule has 2 aliphatic rings. The highest BCUT2D eigenvalue weighted by molar-refractivity contribution is 6.32. The molecule has 10 heteroatoms. The molecule has 1 saturated carbocycles. The predicted molar refractivity (Wildman–Crippen MR) is 143 cm³/mol. The Morgan fingerprint density at radius 3 is 2.50 bits per heavy atom. The highest BCUT2D eigenvalue weighted by Gasteiger charge is 2.20. The largest absolute Gasteiger partial charge is 0.354 e. The van der Waals surface area contributed by atoms with E-state index in [4.69, 9.17) is 27.3 Å². The van der Waals surface area contributed by atoms with Crippen molar-refractivity contribution in [2.45, 2.75) is 37.8 Å². The first kappa shape index (κ1) is 23.1. The zero-order valence-electron chi connectivity index (χ0n) is 20.1. The van der Waals surface area contributed by atoms with Crippen LogP contribution in [0, 0.1) is 0 Å². The fourth-order valence-electron chi connectivity index (χ4n) is 5.03. The summed E-state index contributed by atoms with van der Waals surface area (Å²) in [6, 6.07) is 8.91. The third-order valence-corrected chi connectivity index (χ3v) is 7.40. The molecule has 0 unspecified atom stereocenters. The van der Waals surface area contributed by atoms with Gasteiger partial charge < -0.3 is 21.3 Å². The van der Waals surface area contributed by atoms with Crippen molar-refractivity contribution in [3.8, 4) is 22.5 Å². The summed E-state index contributed by atoms with van der Waals surface area (Å²) in [4.78, 5) is 20.8. The van der Waals surface area contributed by atoms with Crippen molar-refractivity contribution in [3.05, 3.63) is 54.1 Å². The minimum absolute atomic E-state index is 0.297. The number of hydrogen-bond donors (Lipinski definition) is 3. The van der Waals surface area contributed by atoms with Gasteiger partial charge in [0.25, 0.3) is 0 Å². The maximum absolute atomic E-state index is 6.57. The minimum atomic E-state index is 0.297. The van der Waals surface area contributed by atoms with Gasteiger partial charge in [-0.15, -0.1) is 0 Å². The summed E-state index contributed by atoms with van der Waals surface area (Å²) in [7, 11) is 0. The van der Waals surface area contributed by atoms with Crippen LogP contribution in [0.15, 0.2) is 49.1 Å². The molecule has 5 heterocycles. The Hall–Kier alpha value is -3.27. The van der Waals surface area contributed by atoms with Gasteiger partial charge in [-0.2, -0.15) is 0 Å². The fraction of sp³-hybridized carbons (Fsp3) is 0.385. The first-order valence-electron chi connectivity index (χ1n) is 12.6. The molecular weight excluding hydrogens is 474 g/mol. The van der Waals surface area contributed by atoms with Crippen LogP contribution in [0.3, 0.4) is 0 Å². The molecule has 1 aliphatic carbocycles. The van der Waals surface area contributed by atoms with Crippen LogP contribution in [0.4, 0.5) is 11.8 Å². The SMILES string of the molecule is N[C@H]1CC[C@H](Nc2ncc(Cl)c(-c3cnc4ccc(-c5ccc(N6CCNCC6)nc5)cn34)n2)CC1. The lowest BCUT2D eigenvalue weighted by molar-refractivity contribution is 0.410. The number of rotatable bonds is 5. The molecule has 0 bridgehead atoms. The second kappa shape index (κ2) is 10.0. The van der Waals surface area contributed by atoms with Crippen LogP contribution in [-0.2, 0) is 0 Å². The van der Waals surface area contributed by atoms with Crippen molar-refractivity contribution < 1.29 is 0 Å². The van der Waals surface area contributed by atoms with Crippen LogP contribution in [-0.4, -0.2) is 62.6 Å². The maximum atomic E-state index is 6.57. The third-order valence-electron chi connectivity index (χ3n) is 7.12. The lowest BCUT2D eigenvalue weighted by Gasteiger charge is -2.28. The van der Waals surface area contributed by atoms with Gasteiger partial charge in [0.1, 0.15) is 17.2 Å². The van der Waals surface area contributed by atoms with Crippen molar-refractivity contribution in [3.63, 3.8) is 0 Å². The quantitative estimate of drug-likeness (QED) is 0.379. The van der Waals surface area contributed by atoms with E-state index < -0.39 is 0 Å². The number of imidazole rings is 1. The third kappa shape index (κ3) is 4.74. The number of piperazine rings is 1. The molecule has 4 N–H and O–H groups in total. The Balaban J connectivity index is 1.28. The van der Waals surface area contributed by atoms with Gasteiger partial charge in [0.15, 0.2) is 0 Å². The van der Waals surface area contributed by atoms with Crippen LogP contribution < -0.4 is 21.3 Å². The van der Waals surface area contributed by atoms with Crippen molar-refractivity contribution in [1.29, 1.82) is 0 Å². The van der Waals surface area contributed by atoms with Crippen LogP contribution in [0.25, 0.3) is 28.2 Å². The lowest BCUT2D eigenvalue weighted by atomic mass is 9.92. The average molecular weight is 504 g/mol. The van der Waals surface area contributed by atoms with Gasteiger partial charge in [-0.3, -0.25) is 4.40 Å². The molecule has 1 saturated heterocycles. The number of nitrogens with one attached hydrogen (secondary N) is 2. The lowest BCUT2D eigenvalue weighted by Crippen LogP contribution is -2.43. The first-order valence-corrected chi connectivity index (χ1v) is 13.0. The van der Waals surface area contributed by atoms with Gasteiger partial charge in [-0.1, -0.05) is 11.6 Å². The second-order valence-corrected chi connectivity index (χ2v) is 9.98. The number of hydrogen-bond acceptors (Lipinski definition) is 8. The summed E-state index contributed by atoms with van der Waals surface area (Å²) < 4.78 is 2.02. The van der Waals surface area contributed by atoms with Gasteiger partial charge >= 0.3 is 0 Å². The maximum Gasteiger partial charge on any atom is 0.223 e. The van der Waals surface area contributed by atoms with Crippen LogP contribution in [0.5, 0.6) is 0 Å². The average Bonchev–Trinajstić information content (AvgIpc) is 3.35. The van der Waals surface area contributed by atoms with Crippen molar-refractivity contribution in [1.82, 2.24) is 29.7 Å². The zero-order valence-corrected chi connectivity index (χ0v) is 20.8. The normalized spacial score (nSPS) is 20.6. The molecule has 0 aromatic carbocycles. The van der Waals surface area contributed by atoms with E-state index in [9.17, 15) is 0 Å². The number of pyridine rings is 2. The summed E-state index contributed by atoms with van der Waals surface area (Å²) in [5.74, 6) is 1.59. The number of nitrogens with two attached hydrogens (primary N) is 1. The van der Waals surface area contributed by atoms with E-state index in [1.807, 2.05) is 22.9 Å². The molecule has 0 radical (unpaired) electrons. The summed E-state index contributed by atoms with van der Waals surface area (Å²) >= 11 is 6.57. The fourth-order valence-corrected chi connectivity index (χ4v) is 5.21. The van der Waals surface area contributed by atoms with Gasteiger partial charge in [0.2, 0.25) is 5.95 Å². The van der Waals surface area contributed by atoms with Crippen LogP contribution in [0.1, 0.15) is 25.7 Å². The number of anilines is 2. The second-order valence-electron chi connectivity index (χ2n) is 9.58. The molecule has 0 atom stereocenters. The Kier molecular flexibility index (Phi) is 6.43. The number of fused-ring (bicyclic) bond motifs is 1. The Morgan fingerprint density at radius 2 is 1.72 bits per heavy atom. The summed E-state index contributed by atoms with van der Waals surface area (Å²) in [6.07, 6.45) is 11.5. The number of aromatic nitrogens is 5. The molecule has 9 nitrogen and oxygen atoms in total. The Bertz CT molecular complexity index is 1340. The van der Waals surface area contributed by atoms with Gasteiger partial charge in [-0.05, 0) is 49.9 Å². The highest BCUT2D eigenvalue weighted by atomic mass is 35.5. The summed E-state index contributed by atoms with van der Waals surface area (Å²) in [6.45, 7) is 3.92. The highest BCUT2D eigenvalue weighted by Crippen LogP contribution is 2.30. The Morgan fingerprint density at radius 1 is 0.917 bits per heavy atom. The Labute approximate surface area is 215 Å². The van der Waals surface area contributed by atoms with E-state index in [1.165, 1.54) is 0 Å². The van der Waals surface area contributed by atoms with Gasteiger partial charge in [0.05, 0.1) is 23.1 Å². The molecule has 6 rings (SSSR count). The molecule has 0 amide bonds. The first-order chi connectivity index (χ1) is 17.6. The summed E-state index contributed by atoms with van der Waals surface area (Å²) in [5, 5.41) is 7.33. The smallest absolute Gasteiger partial charge is 0.223 e. The van der Waals surface area contributed by atoms with Crippen LogP contribution >= 0.6 is 11.6 Å². The van der Waals surface area contributed by atoms with E-state index in [-0.39, 0.29) is 0 Å². The molecule has 0 spiro atoms. The molecule has 186 valence electrons. The van der Waals surface area contributed by atoms with Crippen molar-refractivity contribution in [2.24, 2.45) is 5.73 Å². The molecule has 1 aliphatic heterocycles. The monoisotopic (exact) mass is 503 g/mol. The van der Waals surface area contributed by atoms with Gasteiger partial charge in [-0.25, -0.2) is 19.9 Å². The van der Waals surface area contributed by atoms with E-state index in [1.54, 1.807) is 6.20 Å². The molecule has 36 heavy (non-hydrogen) atoms. The molecule has 4 aromatic heterocycles. The van der Waals surface area contributed by atoms with E-state index >= 15 is 0 Å². The summed E-state index contributed by atoms with van der Waals surface area (Å²) in [5.41, 5.74) is 10.4. The number of nitrogens with zero attached hydrogens (tertiary/aromatic N) is 6. The van der Waals surface area contributed by atoms with Crippen LogP contribution in [0.2, 0.25) is 5.02 Å². The van der Waals surface area contributed by atoms with E-state index in [0.29, 0.717) is 28.7 Å². The van der Waals surface area contributed by atoms with E-state index in [0.717, 1.165) is 80.1 Å². The predicted octanol–water partition coefficient (Wildman–Crippen LogP) is 3.60. The molecule has 2 fully saturated rings. The zero-order chi connectivity index (χ0) is 24.5. The van der Waals surface area contributed by atoms with Crippen molar-refractivity contribution >= 4 is 29.0 Å². The standard InChI is InChI=1S/C26H30ClN9/c27-21-14-32-26(33-20-5-3-19(28)4-6-20)34-25(21)22-15-31-24-8-2-18(16-36(22)24)17-1-7-23(30-13-17)35-11-9-29-10-12-35/h1-2,7-8,13-16,19-20,29H,3-6,9-12,28H2,(H,32,33,34)/t19-,20-. The topological polar surface area (TPSA) is 109 Å². The van der Waals surface area contributed by atoms with E-state index in [2.05, 4.69) is 49.9 Å². The molecule has 4 aromatic rings. The molecular formula is C26H30ClN9. The minimum Gasteiger partial charge on any atom is -0.354 e. The number of halogens is 1. The van der Waals surface area contributed by atoms with Crippen molar-refractivity contribution in [2.75, 3.05) is 36.4 Å².